The lowest BCUT2D eigenvalue weighted by Crippen LogP contribution is -2.46. The van der Waals surface area contributed by atoms with E-state index < -0.39 is 0 Å². The number of carbonyl (C=O) groups excluding carboxylic acids is 1. The molecule has 1 aromatic carbocycles. The molecule has 0 aliphatic carbocycles. The van der Waals surface area contributed by atoms with Gasteiger partial charge in [0.1, 0.15) is 19.0 Å². The Morgan fingerprint density at radius 3 is 2.66 bits per heavy atom. The molecule has 0 saturated carbocycles. The summed E-state index contributed by atoms with van der Waals surface area (Å²) in [4.78, 5) is 29.5. The number of aromatic nitrogens is 3. The summed E-state index contributed by atoms with van der Waals surface area (Å²) in [5, 5.41) is 8.28. The van der Waals surface area contributed by atoms with Crippen molar-refractivity contribution in [1.29, 1.82) is 0 Å². The first-order valence-electron chi connectivity index (χ1n) is 12.4. The second-order valence-corrected chi connectivity index (χ2v) is 8.77. The van der Waals surface area contributed by atoms with Crippen LogP contribution in [0.15, 0.2) is 41.7 Å². The first-order valence-corrected chi connectivity index (χ1v) is 12.4. The normalized spacial score (nSPS) is 14.6. The van der Waals surface area contributed by atoms with Crippen LogP contribution in [0.4, 0.5) is 17.3 Å². The van der Waals surface area contributed by atoms with Gasteiger partial charge in [-0.25, -0.2) is 4.98 Å². The lowest BCUT2D eigenvalue weighted by Gasteiger charge is -2.35. The second-order valence-electron chi connectivity index (χ2n) is 8.77. The summed E-state index contributed by atoms with van der Waals surface area (Å²) in [5.74, 6) is 0.583. The van der Waals surface area contributed by atoms with Crippen molar-refractivity contribution in [2.24, 2.45) is 5.16 Å². The van der Waals surface area contributed by atoms with Gasteiger partial charge in [0.25, 0.3) is 0 Å². The van der Waals surface area contributed by atoms with E-state index in [9.17, 15) is 4.79 Å². The molecule has 0 bridgehead atoms. The Labute approximate surface area is 206 Å². The molecule has 1 fully saturated rings. The number of hydrogen-bond acceptors (Lipinski definition) is 8. The Balaban J connectivity index is 1.47. The van der Waals surface area contributed by atoms with Gasteiger partial charge >= 0.3 is 0 Å². The zero-order valence-corrected chi connectivity index (χ0v) is 20.7. The number of benzene rings is 1. The van der Waals surface area contributed by atoms with Gasteiger partial charge < -0.3 is 24.4 Å². The van der Waals surface area contributed by atoms with Gasteiger partial charge in [-0.1, -0.05) is 24.9 Å². The van der Waals surface area contributed by atoms with E-state index in [0.29, 0.717) is 18.9 Å². The van der Waals surface area contributed by atoms with Crippen molar-refractivity contribution in [1.82, 2.24) is 19.4 Å². The molecule has 1 aliphatic rings. The minimum Gasteiger partial charge on any atom is -0.399 e. The van der Waals surface area contributed by atoms with E-state index in [1.807, 2.05) is 6.20 Å². The van der Waals surface area contributed by atoms with Crippen molar-refractivity contribution < 1.29 is 9.63 Å². The second kappa shape index (κ2) is 12.3. The molecular formula is C26H35N7O2. The molecule has 0 unspecified atom stereocenters. The maximum atomic E-state index is 10.7. The van der Waals surface area contributed by atoms with Crippen molar-refractivity contribution >= 4 is 40.9 Å². The number of aldehydes is 1. The third-order valence-corrected chi connectivity index (χ3v) is 6.38. The van der Waals surface area contributed by atoms with Crippen LogP contribution in [0.5, 0.6) is 0 Å². The van der Waals surface area contributed by atoms with E-state index in [1.165, 1.54) is 18.5 Å². The molecule has 4 rings (SSSR count). The molecule has 2 aromatic heterocycles. The van der Waals surface area contributed by atoms with E-state index in [2.05, 4.69) is 67.1 Å². The standard InChI is InChI=1S/C26H35N7O2/c1-3-4-5-12-33-24(10-11-28-35-2)19-21-20-27-26(30-25(21)33)29-22-6-8-23(9-7-22)32-15-13-31(14-16-32)17-18-34/h6-9,11,18-20H,3-5,10,12-17H2,1-2H3,(H,27,29,30). The fraction of sp³-hybridized carbons (Fsp3) is 0.462. The average Bonchev–Trinajstić information content (AvgIpc) is 3.22. The summed E-state index contributed by atoms with van der Waals surface area (Å²) in [7, 11) is 1.55. The molecule has 0 spiro atoms. The van der Waals surface area contributed by atoms with Crippen molar-refractivity contribution in [2.45, 2.75) is 39.2 Å². The van der Waals surface area contributed by atoms with E-state index in [-0.39, 0.29) is 0 Å². The molecular weight excluding hydrogens is 442 g/mol. The zero-order chi connectivity index (χ0) is 24.5. The third-order valence-electron chi connectivity index (χ3n) is 6.38. The van der Waals surface area contributed by atoms with Crippen LogP contribution in [0, 0.1) is 0 Å². The van der Waals surface area contributed by atoms with Gasteiger partial charge in [0.05, 0.1) is 6.54 Å². The molecule has 1 N–H and O–H groups in total. The van der Waals surface area contributed by atoms with Crippen molar-refractivity contribution in [3.8, 4) is 0 Å². The summed E-state index contributed by atoms with van der Waals surface area (Å²) in [6, 6.07) is 10.5. The van der Waals surface area contributed by atoms with Gasteiger partial charge in [0, 0.05) is 74.0 Å². The third kappa shape index (κ3) is 6.36. The maximum Gasteiger partial charge on any atom is 0.229 e. The number of oxime groups is 1. The molecule has 3 heterocycles. The highest BCUT2D eigenvalue weighted by Gasteiger charge is 2.17. The largest absolute Gasteiger partial charge is 0.399 e. The van der Waals surface area contributed by atoms with Crippen LogP contribution in [0.25, 0.3) is 11.0 Å². The fourth-order valence-electron chi connectivity index (χ4n) is 4.48. The molecule has 1 saturated heterocycles. The highest BCUT2D eigenvalue weighted by molar-refractivity contribution is 5.79. The van der Waals surface area contributed by atoms with Crippen LogP contribution in [0.2, 0.25) is 0 Å². The van der Waals surface area contributed by atoms with Gasteiger partial charge in [-0.2, -0.15) is 4.98 Å². The number of aryl methyl sites for hydroxylation is 1. The maximum absolute atomic E-state index is 10.7. The Kier molecular flexibility index (Phi) is 8.67. The molecule has 9 nitrogen and oxygen atoms in total. The van der Waals surface area contributed by atoms with Crippen LogP contribution in [-0.4, -0.2) is 71.8 Å². The predicted molar refractivity (Wildman–Crippen MR) is 141 cm³/mol. The Hall–Kier alpha value is -3.46. The lowest BCUT2D eigenvalue weighted by molar-refractivity contribution is -0.108. The summed E-state index contributed by atoms with van der Waals surface area (Å²) >= 11 is 0. The molecule has 0 radical (unpaired) electrons. The highest BCUT2D eigenvalue weighted by atomic mass is 16.6. The van der Waals surface area contributed by atoms with Gasteiger partial charge in [-0.05, 0) is 36.8 Å². The van der Waals surface area contributed by atoms with Gasteiger partial charge in [-0.15, -0.1) is 0 Å². The zero-order valence-electron chi connectivity index (χ0n) is 20.7. The molecule has 1 aliphatic heterocycles. The smallest absolute Gasteiger partial charge is 0.229 e. The van der Waals surface area contributed by atoms with Gasteiger partial charge in [0.15, 0.2) is 0 Å². The van der Waals surface area contributed by atoms with Gasteiger partial charge in [-0.3, -0.25) is 4.90 Å². The van der Waals surface area contributed by atoms with E-state index in [4.69, 9.17) is 9.82 Å². The molecule has 3 aromatic rings. The molecule has 9 heteroatoms. The molecule has 0 atom stereocenters. The number of nitrogens with zero attached hydrogens (tertiary/aromatic N) is 6. The monoisotopic (exact) mass is 477 g/mol. The van der Waals surface area contributed by atoms with E-state index in [1.54, 1.807) is 13.3 Å². The summed E-state index contributed by atoms with van der Waals surface area (Å²) in [6.45, 7) is 7.31. The number of anilines is 3. The van der Waals surface area contributed by atoms with Gasteiger partial charge in [0.2, 0.25) is 5.95 Å². The Morgan fingerprint density at radius 1 is 1.14 bits per heavy atom. The summed E-state index contributed by atoms with van der Waals surface area (Å²) in [5.41, 5.74) is 4.22. The first kappa shape index (κ1) is 24.7. The van der Waals surface area contributed by atoms with E-state index >= 15 is 0 Å². The van der Waals surface area contributed by atoms with Crippen LogP contribution in [0.1, 0.15) is 31.9 Å². The van der Waals surface area contributed by atoms with Crippen molar-refractivity contribution in [2.75, 3.05) is 50.1 Å². The van der Waals surface area contributed by atoms with Crippen LogP contribution in [-0.2, 0) is 22.6 Å². The SMILES string of the molecule is CCCCCn1c(CC=NOC)cc2cnc(Nc3ccc(N4CCN(CC=O)CC4)cc3)nc21. The predicted octanol–water partition coefficient (Wildman–Crippen LogP) is 3.86. The minimum absolute atomic E-state index is 0.519. The quantitative estimate of drug-likeness (QED) is 0.183. The molecule has 0 amide bonds. The fourth-order valence-corrected chi connectivity index (χ4v) is 4.48. The number of piperazine rings is 1. The Bertz CT molecular complexity index is 1120. The summed E-state index contributed by atoms with van der Waals surface area (Å²) in [6.07, 6.45) is 8.78. The number of unbranched alkanes of at least 4 members (excludes halogenated alkanes) is 2. The number of nitrogens with one attached hydrogen (secondary N) is 1. The van der Waals surface area contributed by atoms with E-state index in [0.717, 1.165) is 67.8 Å². The number of fused-ring (bicyclic) bond motifs is 1. The van der Waals surface area contributed by atoms with Crippen LogP contribution < -0.4 is 10.2 Å². The number of hydrogen-bond donors (Lipinski definition) is 1. The molecule has 186 valence electrons. The minimum atomic E-state index is 0.519. The van der Waals surface area contributed by atoms with Crippen molar-refractivity contribution in [3.05, 3.63) is 42.2 Å². The van der Waals surface area contributed by atoms with Crippen molar-refractivity contribution in [3.63, 3.8) is 0 Å². The Morgan fingerprint density at radius 2 is 1.94 bits per heavy atom. The number of carbonyl (C=O) groups is 1. The topological polar surface area (TPSA) is 87.9 Å². The first-order chi connectivity index (χ1) is 17.2. The lowest BCUT2D eigenvalue weighted by atomic mass is 10.2. The number of rotatable bonds is 12. The van der Waals surface area contributed by atoms with Crippen LogP contribution >= 0.6 is 0 Å². The van der Waals surface area contributed by atoms with Crippen LogP contribution in [0.3, 0.4) is 0 Å². The molecule has 35 heavy (non-hydrogen) atoms. The summed E-state index contributed by atoms with van der Waals surface area (Å²) < 4.78 is 2.27. The highest BCUT2D eigenvalue weighted by Crippen LogP contribution is 2.24. The average molecular weight is 478 g/mol.